The number of allylic oxidation sites excluding steroid dienone is 2. The van der Waals surface area contributed by atoms with Crippen LogP contribution < -0.4 is 10.2 Å². The Hall–Kier alpha value is -1.24. The molecule has 20 heavy (non-hydrogen) atoms. The van der Waals surface area contributed by atoms with Crippen molar-refractivity contribution in [3.8, 4) is 0 Å². The first kappa shape index (κ1) is 13.7. The summed E-state index contributed by atoms with van der Waals surface area (Å²) in [4.78, 5) is 15.8. The summed E-state index contributed by atoms with van der Waals surface area (Å²) in [6, 6.07) is 8.32. The van der Waals surface area contributed by atoms with Crippen LogP contribution >= 0.6 is 35.7 Å². The summed E-state index contributed by atoms with van der Waals surface area (Å²) in [5.74, 6) is -0.111. The minimum atomic E-state index is -0.111. The highest BCUT2D eigenvalue weighted by Gasteiger charge is 2.24. The van der Waals surface area contributed by atoms with Gasteiger partial charge in [0.05, 0.1) is 15.6 Å². The summed E-state index contributed by atoms with van der Waals surface area (Å²) in [6.07, 6.45) is 3.83. The van der Waals surface area contributed by atoms with E-state index >= 15 is 0 Å². The average molecular weight is 320 g/mol. The Bertz CT molecular complexity index is 652. The topological polar surface area (TPSA) is 32.3 Å². The molecule has 6 heteroatoms. The summed E-state index contributed by atoms with van der Waals surface area (Å²) in [5.41, 5.74) is 1.23. The minimum absolute atomic E-state index is 0.111. The molecule has 2 heterocycles. The van der Waals surface area contributed by atoms with Gasteiger partial charge in [-0.15, -0.1) is 0 Å². The van der Waals surface area contributed by atoms with E-state index in [-0.39, 0.29) is 5.91 Å². The number of nitrogens with one attached hydrogen (secondary N) is 1. The Morgan fingerprint density at radius 2 is 2.10 bits per heavy atom. The second kappa shape index (κ2) is 5.63. The molecule has 3 rings (SSSR count). The molecule has 2 aliphatic rings. The van der Waals surface area contributed by atoms with Crippen LogP contribution in [0.15, 0.2) is 51.2 Å². The van der Waals surface area contributed by atoms with Crippen LogP contribution in [-0.4, -0.2) is 16.8 Å². The van der Waals surface area contributed by atoms with Crippen LogP contribution in [0.5, 0.6) is 0 Å². The quantitative estimate of drug-likeness (QED) is 0.666. The summed E-state index contributed by atoms with van der Waals surface area (Å²) in [5, 5.41) is 3.75. The molecule has 1 N–H and O–H groups in total. The predicted octanol–water partition coefficient (Wildman–Crippen LogP) is 3.49. The fourth-order valence-corrected chi connectivity index (χ4v) is 4.20. The molecule has 0 saturated carbocycles. The number of anilines is 1. The lowest BCUT2D eigenvalue weighted by molar-refractivity contribution is -0.115. The van der Waals surface area contributed by atoms with Crippen LogP contribution in [0, 0.1) is 0 Å². The predicted molar refractivity (Wildman–Crippen MR) is 89.8 cm³/mol. The molecule has 0 unspecified atom stereocenters. The third kappa shape index (κ3) is 2.51. The highest BCUT2D eigenvalue weighted by Crippen LogP contribution is 2.45. The highest BCUT2D eigenvalue weighted by molar-refractivity contribution is 8.26. The molecule has 0 aliphatic carbocycles. The second-order valence-electron chi connectivity index (χ2n) is 4.19. The Labute approximate surface area is 131 Å². The Balaban J connectivity index is 1.89. The first-order valence-corrected chi connectivity index (χ1v) is 8.22. The molecule has 1 aromatic carbocycles. The number of thioether (sulfide) groups is 2. The number of nitrogens with zero attached hydrogens (tertiary/aromatic N) is 1. The van der Waals surface area contributed by atoms with E-state index in [9.17, 15) is 4.79 Å². The molecule has 2 aliphatic heterocycles. The molecular weight excluding hydrogens is 308 g/mol. The number of benzene rings is 1. The fraction of sp³-hybridized carbons (Fsp3) is 0.143. The number of para-hydroxylation sites is 1. The summed E-state index contributed by atoms with van der Waals surface area (Å²) in [7, 11) is 0. The van der Waals surface area contributed by atoms with Gasteiger partial charge in [0.2, 0.25) is 0 Å². The largest absolute Gasteiger partial charge is 0.335 e. The first-order chi connectivity index (χ1) is 9.69. The molecule has 3 nitrogen and oxygen atoms in total. The molecular formula is C14H12N2OS3. The van der Waals surface area contributed by atoms with Crippen LogP contribution in [0.2, 0.25) is 0 Å². The maximum absolute atomic E-state index is 11.6. The smallest absolute Gasteiger partial charge is 0.263 e. The van der Waals surface area contributed by atoms with Crippen LogP contribution in [0.25, 0.3) is 0 Å². The van der Waals surface area contributed by atoms with E-state index in [4.69, 9.17) is 12.2 Å². The number of rotatable bonds is 2. The standard InChI is InChI=1S/C14H12N2OS3/c1-2-16-9-5-3-4-6-10(9)19-12(16)8-7-11-13(17)15-14(18)20-11/h3-8H,2H2,1H3,(H,15,17,18). The van der Waals surface area contributed by atoms with Gasteiger partial charge in [-0.25, -0.2) is 0 Å². The summed E-state index contributed by atoms with van der Waals surface area (Å²) < 4.78 is 0.523. The zero-order valence-electron chi connectivity index (χ0n) is 10.8. The number of hydrogen-bond donors (Lipinski definition) is 1. The van der Waals surface area contributed by atoms with Crippen molar-refractivity contribution < 1.29 is 4.79 Å². The van der Waals surface area contributed by atoms with Crippen LogP contribution in [-0.2, 0) is 4.79 Å². The lowest BCUT2D eigenvalue weighted by atomic mass is 10.3. The molecule has 0 radical (unpaired) electrons. The van der Waals surface area contributed by atoms with Gasteiger partial charge in [-0.1, -0.05) is 47.9 Å². The van der Waals surface area contributed by atoms with Crippen LogP contribution in [0.4, 0.5) is 5.69 Å². The van der Waals surface area contributed by atoms with Crippen molar-refractivity contribution in [2.75, 3.05) is 11.4 Å². The summed E-state index contributed by atoms with van der Waals surface area (Å²) >= 11 is 8.01. The fourth-order valence-electron chi connectivity index (χ4n) is 2.09. The highest BCUT2D eigenvalue weighted by atomic mass is 32.2. The zero-order valence-corrected chi connectivity index (χ0v) is 13.2. The molecule has 0 aromatic heterocycles. The van der Waals surface area contributed by atoms with Gasteiger partial charge in [0.25, 0.3) is 5.91 Å². The van der Waals surface area contributed by atoms with Gasteiger partial charge in [-0.3, -0.25) is 4.79 Å². The maximum atomic E-state index is 11.6. The van der Waals surface area contributed by atoms with Gasteiger partial charge in [-0.05, 0) is 31.2 Å². The van der Waals surface area contributed by atoms with E-state index in [0.29, 0.717) is 9.23 Å². The normalized spacial score (nSPS) is 21.8. The van der Waals surface area contributed by atoms with Crippen molar-refractivity contribution in [1.82, 2.24) is 5.32 Å². The van der Waals surface area contributed by atoms with Crippen molar-refractivity contribution in [3.63, 3.8) is 0 Å². The van der Waals surface area contributed by atoms with Crippen molar-refractivity contribution >= 4 is 51.7 Å². The molecule has 102 valence electrons. The maximum Gasteiger partial charge on any atom is 0.263 e. The van der Waals surface area contributed by atoms with Crippen LogP contribution in [0.3, 0.4) is 0 Å². The van der Waals surface area contributed by atoms with Gasteiger partial charge in [-0.2, -0.15) is 0 Å². The van der Waals surface area contributed by atoms with Crippen molar-refractivity contribution in [3.05, 3.63) is 46.4 Å². The van der Waals surface area contributed by atoms with Gasteiger partial charge in [0.15, 0.2) is 0 Å². The van der Waals surface area contributed by atoms with Crippen LogP contribution in [0.1, 0.15) is 6.92 Å². The number of fused-ring (bicyclic) bond motifs is 1. The average Bonchev–Trinajstić information content (AvgIpc) is 2.95. The molecule has 1 amide bonds. The van der Waals surface area contributed by atoms with E-state index in [0.717, 1.165) is 11.6 Å². The zero-order chi connectivity index (χ0) is 14.1. The van der Waals surface area contributed by atoms with E-state index in [2.05, 4.69) is 29.3 Å². The third-order valence-electron chi connectivity index (χ3n) is 2.97. The first-order valence-electron chi connectivity index (χ1n) is 6.18. The van der Waals surface area contributed by atoms with Crippen molar-refractivity contribution in [2.24, 2.45) is 0 Å². The summed E-state index contributed by atoms with van der Waals surface area (Å²) in [6.45, 7) is 3.02. The lowest BCUT2D eigenvalue weighted by Crippen LogP contribution is -2.18. The minimum Gasteiger partial charge on any atom is -0.335 e. The van der Waals surface area contributed by atoms with Crippen molar-refractivity contribution in [1.29, 1.82) is 0 Å². The van der Waals surface area contributed by atoms with Crippen molar-refractivity contribution in [2.45, 2.75) is 11.8 Å². The Morgan fingerprint density at radius 3 is 2.80 bits per heavy atom. The molecule has 0 spiro atoms. The second-order valence-corrected chi connectivity index (χ2v) is 6.97. The number of carbonyl (C=O) groups is 1. The third-order valence-corrected chi connectivity index (χ3v) is 5.28. The van der Waals surface area contributed by atoms with E-state index in [1.54, 1.807) is 11.8 Å². The number of amides is 1. The van der Waals surface area contributed by atoms with E-state index in [1.807, 2.05) is 24.3 Å². The van der Waals surface area contributed by atoms with Gasteiger partial charge in [0, 0.05) is 11.4 Å². The van der Waals surface area contributed by atoms with E-state index in [1.165, 1.54) is 22.3 Å². The Morgan fingerprint density at radius 1 is 1.30 bits per heavy atom. The lowest BCUT2D eigenvalue weighted by Gasteiger charge is -2.17. The Kier molecular flexibility index (Phi) is 3.87. The molecule has 1 saturated heterocycles. The molecule has 1 aromatic rings. The molecule has 1 fully saturated rings. The SMILES string of the molecule is CCN1C(=CC=C2SC(=S)NC2=O)Sc2ccccc21. The number of thiocarbonyl (C=S) groups is 1. The molecule has 0 bridgehead atoms. The molecule has 0 atom stereocenters. The van der Waals surface area contributed by atoms with Gasteiger partial charge < -0.3 is 10.2 Å². The monoisotopic (exact) mass is 320 g/mol. The van der Waals surface area contributed by atoms with E-state index < -0.39 is 0 Å². The van der Waals surface area contributed by atoms with Gasteiger partial charge in [0.1, 0.15) is 4.32 Å². The van der Waals surface area contributed by atoms with Gasteiger partial charge >= 0.3 is 0 Å². The number of hydrogen-bond acceptors (Lipinski definition) is 5. The number of carbonyl (C=O) groups excluding carboxylic acids is 1.